The first-order valence-corrected chi connectivity index (χ1v) is 7.39. The SMILES string of the molecule is CN(CCCCCCS)CC1(O)CCOCC1. The van der Waals surface area contributed by atoms with Crippen LogP contribution in [0.15, 0.2) is 0 Å². The van der Waals surface area contributed by atoms with Crippen molar-refractivity contribution in [3.05, 3.63) is 0 Å². The van der Waals surface area contributed by atoms with Gasteiger partial charge in [0.25, 0.3) is 0 Å². The molecular weight excluding hydrogens is 234 g/mol. The molecule has 0 amide bonds. The molecule has 1 fully saturated rings. The van der Waals surface area contributed by atoms with Gasteiger partial charge in [0.05, 0.1) is 5.60 Å². The van der Waals surface area contributed by atoms with Crippen molar-refractivity contribution in [2.75, 3.05) is 39.1 Å². The number of likely N-dealkylation sites (N-methyl/N-ethyl adjacent to an activating group) is 1. The molecule has 4 heteroatoms. The van der Waals surface area contributed by atoms with Gasteiger partial charge in [0.15, 0.2) is 0 Å². The highest BCUT2D eigenvalue weighted by atomic mass is 32.1. The van der Waals surface area contributed by atoms with Crippen LogP contribution in [0, 0.1) is 0 Å². The van der Waals surface area contributed by atoms with Crippen LogP contribution in [-0.2, 0) is 4.74 Å². The van der Waals surface area contributed by atoms with Crippen LogP contribution in [-0.4, -0.2) is 54.7 Å². The topological polar surface area (TPSA) is 32.7 Å². The number of ether oxygens (including phenoxy) is 1. The molecule has 1 aliphatic heterocycles. The molecule has 0 aromatic heterocycles. The molecule has 0 aliphatic carbocycles. The van der Waals surface area contributed by atoms with E-state index in [9.17, 15) is 5.11 Å². The second-order valence-corrected chi connectivity index (χ2v) is 5.66. The zero-order chi connectivity index (χ0) is 12.6. The minimum atomic E-state index is -0.516. The maximum atomic E-state index is 10.4. The molecule has 0 saturated carbocycles. The van der Waals surface area contributed by atoms with Gasteiger partial charge in [-0.3, -0.25) is 0 Å². The Kier molecular flexibility index (Phi) is 7.51. The maximum Gasteiger partial charge on any atom is 0.0817 e. The van der Waals surface area contributed by atoms with Gasteiger partial charge < -0.3 is 14.7 Å². The molecule has 0 aromatic carbocycles. The molecule has 0 radical (unpaired) electrons. The van der Waals surface area contributed by atoms with Gasteiger partial charge in [-0.05, 0) is 32.2 Å². The summed E-state index contributed by atoms with van der Waals surface area (Å²) in [6.45, 7) is 3.26. The second-order valence-electron chi connectivity index (χ2n) is 5.21. The van der Waals surface area contributed by atoms with Crippen LogP contribution in [0.5, 0.6) is 0 Å². The minimum absolute atomic E-state index is 0.516. The van der Waals surface area contributed by atoms with Gasteiger partial charge >= 0.3 is 0 Å². The van der Waals surface area contributed by atoms with Gasteiger partial charge in [0, 0.05) is 32.6 Å². The van der Waals surface area contributed by atoms with Gasteiger partial charge in [-0.15, -0.1) is 0 Å². The van der Waals surface area contributed by atoms with Crippen molar-refractivity contribution in [1.29, 1.82) is 0 Å². The lowest BCUT2D eigenvalue weighted by atomic mass is 9.94. The fourth-order valence-electron chi connectivity index (χ4n) is 2.34. The highest BCUT2D eigenvalue weighted by Gasteiger charge is 2.30. The summed E-state index contributed by atoms with van der Waals surface area (Å²) >= 11 is 4.21. The number of hydrogen-bond acceptors (Lipinski definition) is 4. The molecule has 0 unspecified atom stereocenters. The van der Waals surface area contributed by atoms with Gasteiger partial charge in [-0.2, -0.15) is 12.6 Å². The lowest BCUT2D eigenvalue weighted by Crippen LogP contribution is -2.45. The molecule has 1 saturated heterocycles. The molecular formula is C13H27NO2S. The van der Waals surface area contributed by atoms with Gasteiger partial charge in [0.2, 0.25) is 0 Å². The molecule has 1 aliphatic rings. The normalized spacial score (nSPS) is 19.8. The van der Waals surface area contributed by atoms with Crippen LogP contribution >= 0.6 is 12.6 Å². The van der Waals surface area contributed by atoms with Gasteiger partial charge in [-0.25, -0.2) is 0 Å². The Bertz CT molecular complexity index is 196. The number of aliphatic hydroxyl groups is 1. The first-order valence-electron chi connectivity index (χ1n) is 6.76. The summed E-state index contributed by atoms with van der Waals surface area (Å²) in [6, 6.07) is 0. The number of hydrogen-bond donors (Lipinski definition) is 2. The van der Waals surface area contributed by atoms with E-state index in [1.54, 1.807) is 0 Å². The largest absolute Gasteiger partial charge is 0.388 e. The smallest absolute Gasteiger partial charge is 0.0817 e. The van der Waals surface area contributed by atoms with Crippen molar-refractivity contribution < 1.29 is 9.84 Å². The van der Waals surface area contributed by atoms with Crippen LogP contribution < -0.4 is 0 Å². The van der Waals surface area contributed by atoms with Crippen LogP contribution in [0.3, 0.4) is 0 Å². The third-order valence-electron chi connectivity index (χ3n) is 3.44. The number of rotatable bonds is 8. The molecule has 102 valence electrons. The summed E-state index contributed by atoms with van der Waals surface area (Å²) in [4.78, 5) is 2.26. The van der Waals surface area contributed by atoms with Crippen molar-refractivity contribution in [1.82, 2.24) is 4.90 Å². The van der Waals surface area contributed by atoms with E-state index in [2.05, 4.69) is 24.6 Å². The van der Waals surface area contributed by atoms with E-state index in [4.69, 9.17) is 4.74 Å². The average molecular weight is 261 g/mol. The first-order chi connectivity index (χ1) is 8.16. The molecule has 1 heterocycles. The quantitative estimate of drug-likeness (QED) is 0.517. The van der Waals surface area contributed by atoms with E-state index < -0.39 is 5.60 Å². The number of unbranched alkanes of at least 4 members (excludes halogenated alkanes) is 3. The summed E-state index contributed by atoms with van der Waals surface area (Å²) in [5.41, 5.74) is -0.516. The molecule has 17 heavy (non-hydrogen) atoms. The minimum Gasteiger partial charge on any atom is -0.388 e. The Morgan fingerprint density at radius 2 is 1.82 bits per heavy atom. The lowest BCUT2D eigenvalue weighted by Gasteiger charge is -2.35. The van der Waals surface area contributed by atoms with Gasteiger partial charge in [-0.1, -0.05) is 12.8 Å². The maximum absolute atomic E-state index is 10.4. The Labute approximate surface area is 111 Å². The highest BCUT2D eigenvalue weighted by Crippen LogP contribution is 2.21. The lowest BCUT2D eigenvalue weighted by molar-refractivity contribution is -0.0769. The van der Waals surface area contributed by atoms with E-state index >= 15 is 0 Å². The third kappa shape index (κ3) is 6.65. The summed E-state index contributed by atoms with van der Waals surface area (Å²) in [6.07, 6.45) is 6.53. The van der Waals surface area contributed by atoms with Gasteiger partial charge in [0.1, 0.15) is 0 Å². The summed E-state index contributed by atoms with van der Waals surface area (Å²) in [7, 11) is 2.10. The predicted octanol–water partition coefficient (Wildman–Crippen LogP) is 1.95. The molecule has 0 aromatic rings. The van der Waals surface area contributed by atoms with Crippen LogP contribution in [0.25, 0.3) is 0 Å². The van der Waals surface area contributed by atoms with Crippen molar-refractivity contribution in [2.24, 2.45) is 0 Å². The highest BCUT2D eigenvalue weighted by molar-refractivity contribution is 7.80. The third-order valence-corrected chi connectivity index (χ3v) is 3.75. The summed E-state index contributed by atoms with van der Waals surface area (Å²) < 4.78 is 5.29. The molecule has 0 bridgehead atoms. The van der Waals surface area contributed by atoms with E-state index in [1.165, 1.54) is 25.7 Å². The van der Waals surface area contributed by atoms with E-state index in [0.717, 1.165) is 31.7 Å². The second kappa shape index (κ2) is 8.35. The molecule has 0 spiro atoms. The molecule has 3 nitrogen and oxygen atoms in total. The van der Waals surface area contributed by atoms with E-state index in [-0.39, 0.29) is 0 Å². The summed E-state index contributed by atoms with van der Waals surface area (Å²) in [5, 5.41) is 10.4. The fourth-order valence-corrected chi connectivity index (χ4v) is 2.56. The van der Waals surface area contributed by atoms with E-state index in [1.807, 2.05) is 0 Å². The van der Waals surface area contributed by atoms with Crippen molar-refractivity contribution in [2.45, 2.75) is 44.1 Å². The Balaban J connectivity index is 2.08. The number of nitrogens with zero attached hydrogens (tertiary/aromatic N) is 1. The molecule has 1 N–H and O–H groups in total. The fraction of sp³-hybridized carbons (Fsp3) is 1.00. The summed E-state index contributed by atoms with van der Waals surface area (Å²) in [5.74, 6) is 0.996. The molecule has 1 rings (SSSR count). The van der Waals surface area contributed by atoms with Crippen molar-refractivity contribution >= 4 is 12.6 Å². The zero-order valence-corrected chi connectivity index (χ0v) is 11.9. The first kappa shape index (κ1) is 15.3. The van der Waals surface area contributed by atoms with Crippen molar-refractivity contribution in [3.8, 4) is 0 Å². The van der Waals surface area contributed by atoms with Crippen LogP contribution in [0.2, 0.25) is 0 Å². The monoisotopic (exact) mass is 261 g/mol. The van der Waals surface area contributed by atoms with Crippen LogP contribution in [0.4, 0.5) is 0 Å². The predicted molar refractivity (Wildman–Crippen MR) is 74.8 cm³/mol. The average Bonchev–Trinajstić information content (AvgIpc) is 2.29. The Hall–Kier alpha value is 0.230. The van der Waals surface area contributed by atoms with Crippen LogP contribution in [0.1, 0.15) is 38.5 Å². The Morgan fingerprint density at radius 1 is 1.18 bits per heavy atom. The standard InChI is InChI=1S/C13H27NO2S/c1-14(8-4-2-3-5-11-17)12-13(15)6-9-16-10-7-13/h15,17H,2-12H2,1H3. The zero-order valence-electron chi connectivity index (χ0n) is 11.0. The van der Waals surface area contributed by atoms with E-state index in [0.29, 0.717) is 13.2 Å². The number of thiol groups is 1. The Morgan fingerprint density at radius 3 is 2.47 bits per heavy atom. The molecule has 0 atom stereocenters. The van der Waals surface area contributed by atoms with Crippen molar-refractivity contribution in [3.63, 3.8) is 0 Å².